The Morgan fingerprint density at radius 1 is 0.520 bits per heavy atom. The summed E-state index contributed by atoms with van der Waals surface area (Å²) in [6, 6.07) is 23.2. The van der Waals surface area contributed by atoms with Gasteiger partial charge < -0.3 is 9.47 Å². The monoisotopic (exact) mass is 678 g/mol. The number of ketones is 1. The first-order valence-corrected chi connectivity index (χ1v) is 20.0. The van der Waals surface area contributed by atoms with Crippen LogP contribution in [0.1, 0.15) is 169 Å². The quantitative estimate of drug-likeness (QED) is 0.0287. The molecule has 0 atom stereocenters. The molecular weight excluding hydrogens is 617 g/mol. The van der Waals surface area contributed by atoms with Crippen molar-refractivity contribution in [2.24, 2.45) is 0 Å². The summed E-state index contributed by atoms with van der Waals surface area (Å²) in [5.41, 5.74) is 1.21. The number of esters is 1. The van der Waals surface area contributed by atoms with Gasteiger partial charge in [0, 0.05) is 12.0 Å². The number of benzene rings is 4. The minimum atomic E-state index is -0.428. The van der Waals surface area contributed by atoms with Crippen LogP contribution in [0.3, 0.4) is 0 Å². The van der Waals surface area contributed by atoms with Gasteiger partial charge in [0.1, 0.15) is 17.1 Å². The first-order valence-electron chi connectivity index (χ1n) is 20.0. The average molecular weight is 679 g/mol. The summed E-state index contributed by atoms with van der Waals surface area (Å²) in [7, 11) is 0. The van der Waals surface area contributed by atoms with Gasteiger partial charge in [-0.05, 0) is 58.7 Å². The molecule has 0 amide bonds. The molecule has 0 aromatic heterocycles. The van der Waals surface area contributed by atoms with E-state index in [9.17, 15) is 9.59 Å². The summed E-state index contributed by atoms with van der Waals surface area (Å²) in [5, 5.41) is 3.69. The largest absolute Gasteiger partial charge is 0.493 e. The van der Waals surface area contributed by atoms with E-state index in [4.69, 9.17) is 9.47 Å². The molecule has 270 valence electrons. The van der Waals surface area contributed by atoms with Crippen LogP contribution in [0.5, 0.6) is 11.5 Å². The molecule has 4 heteroatoms. The second-order valence-corrected chi connectivity index (χ2v) is 14.2. The Morgan fingerprint density at radius 3 is 1.72 bits per heavy atom. The van der Waals surface area contributed by atoms with Gasteiger partial charge in [-0.15, -0.1) is 0 Å². The van der Waals surface area contributed by atoms with Crippen LogP contribution in [0, 0.1) is 0 Å². The summed E-state index contributed by atoms with van der Waals surface area (Å²) < 4.78 is 12.2. The van der Waals surface area contributed by atoms with Crippen molar-refractivity contribution in [3.8, 4) is 11.5 Å². The lowest BCUT2D eigenvalue weighted by Crippen LogP contribution is -2.12. The molecule has 0 spiro atoms. The van der Waals surface area contributed by atoms with Gasteiger partial charge in [0.2, 0.25) is 0 Å². The highest BCUT2D eigenvalue weighted by Gasteiger charge is 2.19. The maximum atomic E-state index is 13.7. The molecule has 0 aliphatic carbocycles. The van der Waals surface area contributed by atoms with E-state index in [2.05, 4.69) is 13.8 Å². The molecule has 0 radical (unpaired) electrons. The first-order chi connectivity index (χ1) is 24.6. The fourth-order valence-electron chi connectivity index (χ4n) is 6.89. The lowest BCUT2D eigenvalue weighted by atomic mass is 10.00. The number of carbonyl (C=O) groups excluding carboxylic acids is 2. The summed E-state index contributed by atoms with van der Waals surface area (Å²) >= 11 is 0. The van der Waals surface area contributed by atoms with Crippen LogP contribution in [-0.2, 0) is 0 Å². The van der Waals surface area contributed by atoms with Gasteiger partial charge in [-0.3, -0.25) is 4.79 Å². The summed E-state index contributed by atoms with van der Waals surface area (Å²) in [5.74, 6) is 0.808. The molecule has 4 rings (SSSR count). The van der Waals surface area contributed by atoms with Crippen LogP contribution in [-0.4, -0.2) is 18.4 Å². The van der Waals surface area contributed by atoms with E-state index in [0.29, 0.717) is 30.1 Å². The lowest BCUT2D eigenvalue weighted by Gasteiger charge is -2.14. The maximum Gasteiger partial charge on any atom is 0.347 e. The van der Waals surface area contributed by atoms with E-state index in [1.54, 1.807) is 0 Å². The van der Waals surface area contributed by atoms with Gasteiger partial charge in [0.15, 0.2) is 5.78 Å². The molecule has 4 aromatic carbocycles. The number of carbonyl (C=O) groups is 2. The minimum Gasteiger partial charge on any atom is -0.493 e. The molecule has 4 aromatic rings. The molecule has 0 saturated carbocycles. The van der Waals surface area contributed by atoms with Gasteiger partial charge in [-0.25, -0.2) is 4.79 Å². The molecule has 0 N–H and O–H groups in total. The lowest BCUT2D eigenvalue weighted by molar-refractivity contribution is 0.0732. The van der Waals surface area contributed by atoms with Gasteiger partial charge >= 0.3 is 5.97 Å². The number of unbranched alkanes of at least 4 members (excludes halogenated alkanes) is 18. The van der Waals surface area contributed by atoms with E-state index < -0.39 is 5.97 Å². The van der Waals surface area contributed by atoms with Crippen LogP contribution in [0.4, 0.5) is 0 Å². The standard InChI is InChI=1S/C46H62O4/c1-3-5-7-9-11-13-15-17-19-21-27-43(47)40-29-28-39-36-41(32-30-38(39)35-40)50-46(48)45-42-26-23-22-25-37(42)31-33-44(45)49-34-24-20-18-16-14-12-10-8-6-4-2/h22-23,25-26,28-33,35-36H,3-21,24,27,34H2,1-2H3. The third-order valence-electron chi connectivity index (χ3n) is 9.95. The smallest absolute Gasteiger partial charge is 0.347 e. The predicted molar refractivity (Wildman–Crippen MR) is 211 cm³/mol. The SMILES string of the molecule is CCCCCCCCCCCCOc1ccc2ccccc2c1C(=O)Oc1ccc2cc(C(=O)CCCCCCCCCCCC)ccc2c1. The highest BCUT2D eigenvalue weighted by molar-refractivity contribution is 6.08. The fourth-order valence-corrected chi connectivity index (χ4v) is 6.89. The first kappa shape index (κ1) is 39.1. The fraction of sp³-hybridized carbons (Fsp3) is 0.522. The number of rotatable bonds is 26. The van der Waals surface area contributed by atoms with Crippen LogP contribution < -0.4 is 9.47 Å². The Hall–Kier alpha value is -3.66. The number of hydrogen-bond donors (Lipinski definition) is 0. The van der Waals surface area contributed by atoms with E-state index in [1.165, 1.54) is 103 Å². The zero-order valence-corrected chi connectivity index (χ0v) is 31.1. The van der Waals surface area contributed by atoms with E-state index >= 15 is 0 Å². The zero-order chi connectivity index (χ0) is 35.2. The van der Waals surface area contributed by atoms with Gasteiger partial charge in [0.05, 0.1) is 6.61 Å². The van der Waals surface area contributed by atoms with Gasteiger partial charge in [-0.1, -0.05) is 178 Å². The molecule has 0 bridgehead atoms. The molecular formula is C46H62O4. The average Bonchev–Trinajstić information content (AvgIpc) is 3.14. The van der Waals surface area contributed by atoms with E-state index in [1.807, 2.05) is 72.8 Å². The normalized spacial score (nSPS) is 11.3. The molecule has 0 fully saturated rings. The number of fused-ring (bicyclic) bond motifs is 2. The van der Waals surface area contributed by atoms with Crippen LogP contribution in [0.15, 0.2) is 72.8 Å². The highest BCUT2D eigenvalue weighted by Crippen LogP contribution is 2.31. The highest BCUT2D eigenvalue weighted by atomic mass is 16.5. The molecule has 0 aliphatic rings. The number of ether oxygens (including phenoxy) is 2. The maximum absolute atomic E-state index is 13.7. The third-order valence-corrected chi connectivity index (χ3v) is 9.95. The van der Waals surface area contributed by atoms with Gasteiger partial charge in [0.25, 0.3) is 0 Å². The molecule has 50 heavy (non-hydrogen) atoms. The third kappa shape index (κ3) is 13.2. The van der Waals surface area contributed by atoms with E-state index in [0.717, 1.165) is 52.8 Å². The van der Waals surface area contributed by atoms with Crippen molar-refractivity contribution in [3.05, 3.63) is 83.9 Å². The van der Waals surface area contributed by atoms with Crippen molar-refractivity contribution in [2.75, 3.05) is 6.61 Å². The Balaban J connectivity index is 1.27. The van der Waals surface area contributed by atoms with Gasteiger partial charge in [-0.2, -0.15) is 0 Å². The van der Waals surface area contributed by atoms with E-state index in [-0.39, 0.29) is 5.78 Å². The van der Waals surface area contributed by atoms with Crippen molar-refractivity contribution >= 4 is 33.3 Å². The van der Waals surface area contributed by atoms with Crippen LogP contribution in [0.2, 0.25) is 0 Å². The summed E-state index contributed by atoms with van der Waals surface area (Å²) in [4.78, 5) is 26.7. The Kier molecular flexibility index (Phi) is 18.0. The van der Waals surface area contributed by atoms with Crippen LogP contribution in [0.25, 0.3) is 21.5 Å². The van der Waals surface area contributed by atoms with Crippen LogP contribution >= 0.6 is 0 Å². The minimum absolute atomic E-state index is 0.197. The second kappa shape index (κ2) is 22.9. The zero-order valence-electron chi connectivity index (χ0n) is 31.1. The summed E-state index contributed by atoms with van der Waals surface area (Å²) in [6.07, 6.45) is 25.8. The number of Topliss-reactive ketones (excluding diaryl/α,β-unsaturated/α-hetero) is 1. The molecule has 0 aliphatic heterocycles. The molecule has 0 saturated heterocycles. The van der Waals surface area contributed by atoms with Crippen molar-refractivity contribution in [1.29, 1.82) is 0 Å². The van der Waals surface area contributed by atoms with Crippen molar-refractivity contribution in [3.63, 3.8) is 0 Å². The van der Waals surface area contributed by atoms with Crippen molar-refractivity contribution in [2.45, 2.75) is 149 Å². The Labute approximate surface area is 302 Å². The molecule has 0 heterocycles. The number of hydrogen-bond acceptors (Lipinski definition) is 4. The Bertz CT molecular complexity index is 1590. The molecule has 0 unspecified atom stereocenters. The Morgan fingerprint density at radius 2 is 1.06 bits per heavy atom. The van der Waals surface area contributed by atoms with Crippen molar-refractivity contribution in [1.82, 2.24) is 0 Å². The molecule has 4 nitrogen and oxygen atoms in total. The second-order valence-electron chi connectivity index (χ2n) is 14.2. The topological polar surface area (TPSA) is 52.6 Å². The van der Waals surface area contributed by atoms with Crippen molar-refractivity contribution < 1.29 is 19.1 Å². The predicted octanol–water partition coefficient (Wildman–Crippen LogP) is 14.0. The summed E-state index contributed by atoms with van der Waals surface area (Å²) in [6.45, 7) is 5.09.